The maximum atomic E-state index is 13.0. The third-order valence-corrected chi connectivity index (χ3v) is 4.34. The minimum Gasteiger partial charge on any atom is -0.340 e. The number of piperazine rings is 1. The van der Waals surface area contributed by atoms with E-state index < -0.39 is 30.7 Å². The van der Waals surface area contributed by atoms with Gasteiger partial charge in [0, 0.05) is 43.0 Å². The number of amides is 1. The van der Waals surface area contributed by atoms with Gasteiger partial charge in [-0.1, -0.05) is 0 Å². The summed E-state index contributed by atoms with van der Waals surface area (Å²) in [5.41, 5.74) is -1.41. The molecule has 0 aromatic carbocycles. The molecule has 3 heterocycles. The number of hydrogen-bond donors (Lipinski definition) is 0. The van der Waals surface area contributed by atoms with Gasteiger partial charge in [-0.3, -0.25) is 9.69 Å². The van der Waals surface area contributed by atoms with Crippen LogP contribution in [-0.2, 0) is 11.0 Å². The summed E-state index contributed by atoms with van der Waals surface area (Å²) < 4.78 is 62.1. The second kappa shape index (κ2) is 5.36. The Hall–Kier alpha value is -1.83. The average molecular weight is 331 g/mol. The van der Waals surface area contributed by atoms with Gasteiger partial charge in [-0.2, -0.15) is 13.2 Å². The van der Waals surface area contributed by atoms with Crippen molar-refractivity contribution in [1.29, 1.82) is 0 Å². The summed E-state index contributed by atoms with van der Waals surface area (Å²) in [6.07, 6.45) is -4.00. The van der Waals surface area contributed by atoms with Gasteiger partial charge < -0.3 is 9.80 Å². The van der Waals surface area contributed by atoms with Crippen molar-refractivity contribution in [2.75, 3.05) is 36.4 Å². The van der Waals surface area contributed by atoms with Crippen LogP contribution < -0.4 is 9.80 Å². The molecule has 0 aliphatic carbocycles. The number of fused-ring (bicyclic) bond motifs is 3. The van der Waals surface area contributed by atoms with Gasteiger partial charge in [0.05, 0.1) is 11.3 Å². The van der Waals surface area contributed by atoms with Gasteiger partial charge in [0.15, 0.2) is 5.82 Å². The highest BCUT2D eigenvalue weighted by Gasteiger charge is 2.42. The van der Waals surface area contributed by atoms with E-state index >= 15 is 0 Å². The van der Waals surface area contributed by atoms with E-state index in [1.54, 1.807) is 4.90 Å². The summed E-state index contributed by atoms with van der Waals surface area (Å²) in [7, 11) is 0. The van der Waals surface area contributed by atoms with E-state index in [2.05, 4.69) is 4.98 Å². The Morgan fingerprint density at radius 1 is 1.39 bits per heavy atom. The smallest absolute Gasteiger partial charge is 0.340 e. The van der Waals surface area contributed by atoms with Gasteiger partial charge in [-0.15, -0.1) is 0 Å². The molecule has 0 radical (unpaired) electrons. The Kier molecular flexibility index (Phi) is 2.93. The number of likely N-dealkylation sites (N-methyl/N-ethyl adjacent to an activating group) is 1. The fourth-order valence-electron chi connectivity index (χ4n) is 2.99. The largest absolute Gasteiger partial charge is 0.417 e. The van der Waals surface area contributed by atoms with Gasteiger partial charge in [0.25, 0.3) is 5.91 Å². The highest BCUT2D eigenvalue weighted by molar-refractivity contribution is 6.04. The highest BCUT2D eigenvalue weighted by Crippen LogP contribution is 2.39. The minimum absolute atomic E-state index is 0.0992. The average Bonchev–Trinajstić information content (AvgIpc) is 2.52. The van der Waals surface area contributed by atoms with Gasteiger partial charge in [0.1, 0.15) is 6.04 Å². The summed E-state index contributed by atoms with van der Waals surface area (Å²) in [6, 6.07) is 0.0638. The molecule has 23 heavy (non-hydrogen) atoms. The molecule has 1 saturated heterocycles. The monoisotopic (exact) mass is 331 g/mol. The molecule has 126 valence electrons. The molecule has 0 spiro atoms. The van der Waals surface area contributed by atoms with E-state index in [1.807, 2.05) is 18.7 Å². The summed E-state index contributed by atoms with van der Waals surface area (Å²) in [4.78, 5) is 20.9. The number of aromatic nitrogens is 1. The predicted octanol–water partition coefficient (Wildman–Crippen LogP) is 1.98. The van der Waals surface area contributed by atoms with Crippen LogP contribution in [0.1, 0.15) is 23.5 Å². The lowest BCUT2D eigenvalue weighted by Gasteiger charge is -2.47. The molecular weight excluding hydrogens is 309 g/mol. The van der Waals surface area contributed by atoms with Crippen LogP contribution >= 0.6 is 0 Å². The van der Waals surface area contributed by atoms with Crippen molar-refractivity contribution in [2.45, 2.75) is 32.1 Å². The number of carbonyl (C=O) groups excluding carboxylic acids is 1. The summed E-state index contributed by atoms with van der Waals surface area (Å²) in [5, 5.41) is 0. The maximum absolute atomic E-state index is 13.0. The van der Waals surface area contributed by atoms with Gasteiger partial charge in [0.2, 0.25) is 0 Å². The van der Waals surface area contributed by atoms with E-state index in [0.717, 1.165) is 0 Å². The number of carbonyl (C=O) groups is 1. The van der Waals surface area contributed by atoms with E-state index in [-0.39, 0.29) is 17.5 Å². The second-order valence-corrected chi connectivity index (χ2v) is 6.04. The summed E-state index contributed by atoms with van der Waals surface area (Å²) >= 11 is 0. The first kappa shape index (κ1) is 12.6. The number of rotatable bonds is 1. The van der Waals surface area contributed by atoms with Crippen LogP contribution in [0.2, 0.25) is 0 Å². The number of alkyl halides is 3. The molecule has 3 rings (SSSR count). The van der Waals surface area contributed by atoms with Crippen molar-refractivity contribution in [3.63, 3.8) is 0 Å². The molecule has 1 aromatic heterocycles. The molecular formula is C15H19F3N4O. The SMILES string of the molecule is [2H]C([2H])([2H])N1C(=O)[C@@H]2CN(C(C)C)CCN2c2ncc(C(F)(F)F)cc21. The van der Waals surface area contributed by atoms with Crippen molar-refractivity contribution in [1.82, 2.24) is 9.88 Å². The molecule has 1 atom stereocenters. The molecule has 2 aliphatic rings. The van der Waals surface area contributed by atoms with Crippen LogP contribution in [0, 0.1) is 0 Å². The number of nitrogens with zero attached hydrogens (tertiary/aromatic N) is 4. The Labute approximate surface area is 136 Å². The van der Waals surface area contributed by atoms with Crippen LogP contribution in [0.3, 0.4) is 0 Å². The molecule has 1 aromatic rings. The zero-order chi connectivity index (χ0) is 19.4. The standard InChI is InChI=1S/C15H19F3N4O/c1-9(2)21-4-5-22-12(8-21)14(23)20(3)11-6-10(15(16,17)18)7-19-13(11)22/h6-7,9,12H,4-5,8H2,1-3H3/t12-/m0/s1/i3D3. The molecule has 8 heteroatoms. The Bertz CT molecular complexity index is 723. The number of halogens is 3. The molecule has 0 N–H and O–H groups in total. The van der Waals surface area contributed by atoms with Crippen molar-refractivity contribution in [2.24, 2.45) is 0 Å². The molecule has 2 aliphatic heterocycles. The molecule has 0 unspecified atom stereocenters. The molecule has 1 fully saturated rings. The van der Waals surface area contributed by atoms with E-state index in [9.17, 15) is 18.0 Å². The molecule has 0 bridgehead atoms. The second-order valence-electron chi connectivity index (χ2n) is 6.04. The van der Waals surface area contributed by atoms with Crippen LogP contribution in [0.4, 0.5) is 24.7 Å². The lowest BCUT2D eigenvalue weighted by Crippen LogP contribution is -2.63. The highest BCUT2D eigenvalue weighted by atomic mass is 19.4. The lowest BCUT2D eigenvalue weighted by atomic mass is 10.0. The lowest BCUT2D eigenvalue weighted by molar-refractivity contribution is -0.137. The Balaban J connectivity index is 2.11. The fraction of sp³-hybridized carbons (Fsp3) is 0.600. The maximum Gasteiger partial charge on any atom is 0.417 e. The third-order valence-electron chi connectivity index (χ3n) is 4.34. The van der Waals surface area contributed by atoms with Gasteiger partial charge >= 0.3 is 6.18 Å². The van der Waals surface area contributed by atoms with Crippen molar-refractivity contribution < 1.29 is 22.1 Å². The van der Waals surface area contributed by atoms with Crippen LogP contribution in [0.15, 0.2) is 12.3 Å². The van der Waals surface area contributed by atoms with E-state index in [4.69, 9.17) is 4.11 Å². The first-order valence-electron chi connectivity index (χ1n) is 8.83. The predicted molar refractivity (Wildman–Crippen MR) is 80.5 cm³/mol. The van der Waals surface area contributed by atoms with E-state index in [1.165, 1.54) is 0 Å². The molecule has 0 saturated carbocycles. The minimum atomic E-state index is -4.68. The van der Waals surface area contributed by atoms with E-state index in [0.29, 0.717) is 36.8 Å². The number of pyridine rings is 1. The first-order chi connectivity index (χ1) is 11.9. The number of hydrogen-bond acceptors (Lipinski definition) is 4. The number of anilines is 2. The first-order valence-corrected chi connectivity index (χ1v) is 7.33. The Morgan fingerprint density at radius 3 is 2.74 bits per heavy atom. The van der Waals surface area contributed by atoms with Crippen molar-refractivity contribution in [3.05, 3.63) is 17.8 Å². The summed E-state index contributed by atoms with van der Waals surface area (Å²) in [5.74, 6) is -0.633. The van der Waals surface area contributed by atoms with Crippen LogP contribution in [0.25, 0.3) is 0 Å². The zero-order valence-corrected chi connectivity index (χ0v) is 12.8. The molecule has 5 nitrogen and oxygen atoms in total. The topological polar surface area (TPSA) is 39.7 Å². The normalized spacial score (nSPS) is 24.9. The summed E-state index contributed by atoms with van der Waals surface area (Å²) in [6.45, 7) is 2.32. The van der Waals surface area contributed by atoms with Gasteiger partial charge in [-0.05, 0) is 19.9 Å². The fourth-order valence-corrected chi connectivity index (χ4v) is 2.99. The quantitative estimate of drug-likeness (QED) is 0.789. The van der Waals surface area contributed by atoms with Crippen molar-refractivity contribution >= 4 is 17.4 Å². The van der Waals surface area contributed by atoms with Crippen molar-refractivity contribution in [3.8, 4) is 0 Å². The zero-order valence-electron chi connectivity index (χ0n) is 15.8. The van der Waals surface area contributed by atoms with Crippen LogP contribution in [-0.4, -0.2) is 54.5 Å². The molecule has 1 amide bonds. The van der Waals surface area contributed by atoms with Gasteiger partial charge in [-0.25, -0.2) is 4.98 Å². The third kappa shape index (κ3) is 2.65. The van der Waals surface area contributed by atoms with Crippen LogP contribution in [0.5, 0.6) is 0 Å². The Morgan fingerprint density at radius 2 is 2.13 bits per heavy atom.